The Balaban J connectivity index is 1.47. The molecule has 0 N–H and O–H groups in total. The van der Waals surface area contributed by atoms with Gasteiger partial charge in [-0.3, -0.25) is 4.90 Å². The first-order valence-corrected chi connectivity index (χ1v) is 10.2. The number of piperidine rings is 1. The highest BCUT2D eigenvalue weighted by Gasteiger charge is 2.24. The van der Waals surface area contributed by atoms with Crippen LogP contribution in [-0.2, 0) is 13.0 Å². The van der Waals surface area contributed by atoms with Gasteiger partial charge >= 0.3 is 0 Å². The van der Waals surface area contributed by atoms with Crippen molar-refractivity contribution >= 4 is 11.0 Å². The molecule has 0 atom stereocenters. The number of rotatable bonds is 6. The number of halogens is 1. The monoisotopic (exact) mass is 397 g/mol. The maximum Gasteiger partial charge on any atom is 0.161 e. The van der Waals surface area contributed by atoms with E-state index in [1.165, 1.54) is 17.7 Å². The number of aryl methyl sites for hydroxylation is 1. The predicted octanol–water partition coefficient (Wildman–Crippen LogP) is 4.59. The lowest BCUT2D eigenvalue weighted by Crippen LogP contribution is -2.34. The minimum Gasteiger partial charge on any atom is -0.493 e. The van der Waals surface area contributed by atoms with Crippen molar-refractivity contribution in [3.05, 3.63) is 53.6 Å². The van der Waals surface area contributed by atoms with Gasteiger partial charge in [-0.1, -0.05) is 13.0 Å². The minimum atomic E-state index is -0.227. The fourth-order valence-corrected chi connectivity index (χ4v) is 4.35. The molecule has 2 aromatic carbocycles. The molecule has 1 fully saturated rings. The van der Waals surface area contributed by atoms with E-state index in [1.54, 1.807) is 14.2 Å². The second-order valence-electron chi connectivity index (χ2n) is 7.58. The van der Waals surface area contributed by atoms with Crippen molar-refractivity contribution in [1.29, 1.82) is 0 Å². The lowest BCUT2D eigenvalue weighted by Gasteiger charge is -2.33. The summed E-state index contributed by atoms with van der Waals surface area (Å²) in [6.45, 7) is 5.04. The zero-order chi connectivity index (χ0) is 20.4. The van der Waals surface area contributed by atoms with Crippen LogP contribution in [0.15, 0.2) is 36.4 Å². The van der Waals surface area contributed by atoms with Gasteiger partial charge in [0.1, 0.15) is 11.6 Å². The Bertz CT molecular complexity index is 993. The molecule has 1 saturated heterocycles. The minimum absolute atomic E-state index is 0.227. The highest BCUT2D eigenvalue weighted by atomic mass is 19.1. The number of likely N-dealkylation sites (tertiary alicyclic amines) is 1. The number of aromatic nitrogens is 2. The van der Waals surface area contributed by atoms with Crippen molar-refractivity contribution < 1.29 is 13.9 Å². The van der Waals surface area contributed by atoms with E-state index in [0.717, 1.165) is 67.3 Å². The first kappa shape index (κ1) is 19.7. The van der Waals surface area contributed by atoms with Crippen LogP contribution in [0.25, 0.3) is 11.0 Å². The summed E-state index contributed by atoms with van der Waals surface area (Å²) in [6, 6.07) is 11.5. The zero-order valence-electron chi connectivity index (χ0n) is 17.3. The SMILES string of the molecule is CCc1nc2cc(F)ccc2n1C1CCN(Cc2ccc(OC)c(OC)c2)CC1. The summed E-state index contributed by atoms with van der Waals surface area (Å²) < 4.78 is 26.7. The molecule has 0 aliphatic carbocycles. The predicted molar refractivity (Wildman–Crippen MR) is 112 cm³/mol. The van der Waals surface area contributed by atoms with Crippen LogP contribution in [0.4, 0.5) is 4.39 Å². The summed E-state index contributed by atoms with van der Waals surface area (Å²) in [7, 11) is 3.32. The Morgan fingerprint density at radius 2 is 1.79 bits per heavy atom. The second kappa shape index (κ2) is 8.41. The quantitative estimate of drug-likeness (QED) is 0.610. The fourth-order valence-electron chi connectivity index (χ4n) is 4.35. The summed E-state index contributed by atoms with van der Waals surface area (Å²) in [6.07, 6.45) is 2.97. The molecule has 1 aliphatic heterocycles. The third kappa shape index (κ3) is 3.94. The van der Waals surface area contributed by atoms with E-state index in [4.69, 9.17) is 9.47 Å². The highest BCUT2D eigenvalue weighted by Crippen LogP contribution is 2.31. The maximum atomic E-state index is 13.6. The van der Waals surface area contributed by atoms with Crippen molar-refractivity contribution in [2.45, 2.75) is 38.8 Å². The smallest absolute Gasteiger partial charge is 0.161 e. The molecule has 6 heteroatoms. The molecule has 0 saturated carbocycles. The maximum absolute atomic E-state index is 13.6. The van der Waals surface area contributed by atoms with E-state index >= 15 is 0 Å². The average Bonchev–Trinajstić information content (AvgIpc) is 3.11. The largest absolute Gasteiger partial charge is 0.493 e. The molecular formula is C23H28FN3O2. The Labute approximate surface area is 171 Å². The molecule has 0 bridgehead atoms. The lowest BCUT2D eigenvalue weighted by atomic mass is 10.0. The van der Waals surface area contributed by atoms with Crippen molar-refractivity contribution in [1.82, 2.24) is 14.5 Å². The molecule has 154 valence electrons. The molecule has 2 heterocycles. The van der Waals surface area contributed by atoms with Crippen molar-refractivity contribution in [3.8, 4) is 11.5 Å². The number of fused-ring (bicyclic) bond motifs is 1. The highest BCUT2D eigenvalue weighted by molar-refractivity contribution is 5.76. The summed E-state index contributed by atoms with van der Waals surface area (Å²) in [5, 5.41) is 0. The molecule has 1 aromatic heterocycles. The van der Waals surface area contributed by atoms with Crippen molar-refractivity contribution in [2.75, 3.05) is 27.3 Å². The number of hydrogen-bond acceptors (Lipinski definition) is 4. The van der Waals surface area contributed by atoms with E-state index < -0.39 is 0 Å². The van der Waals surface area contributed by atoms with Crippen LogP contribution in [-0.4, -0.2) is 41.8 Å². The summed E-state index contributed by atoms with van der Waals surface area (Å²) in [5.41, 5.74) is 3.02. The molecule has 29 heavy (non-hydrogen) atoms. The van der Waals surface area contributed by atoms with Gasteiger partial charge in [-0.25, -0.2) is 9.37 Å². The summed E-state index contributed by atoms with van der Waals surface area (Å²) in [4.78, 5) is 7.15. The van der Waals surface area contributed by atoms with Gasteiger partial charge in [0.25, 0.3) is 0 Å². The third-order valence-corrected chi connectivity index (χ3v) is 5.82. The second-order valence-corrected chi connectivity index (χ2v) is 7.58. The van der Waals surface area contributed by atoms with Gasteiger partial charge in [0, 0.05) is 38.2 Å². The molecular weight excluding hydrogens is 369 g/mol. The van der Waals surface area contributed by atoms with Crippen LogP contribution in [0.1, 0.15) is 37.2 Å². The van der Waals surface area contributed by atoms with Gasteiger partial charge in [0.15, 0.2) is 11.5 Å². The van der Waals surface area contributed by atoms with E-state index in [0.29, 0.717) is 6.04 Å². The topological polar surface area (TPSA) is 39.5 Å². The molecule has 0 amide bonds. The number of benzene rings is 2. The normalized spacial score (nSPS) is 15.7. The van der Waals surface area contributed by atoms with Crippen molar-refractivity contribution in [2.24, 2.45) is 0 Å². The van der Waals surface area contributed by atoms with E-state index in [-0.39, 0.29) is 5.82 Å². The standard InChI is InChI=1S/C23H28FN3O2/c1-4-23-25-19-14-17(24)6-7-20(19)27(23)18-9-11-26(12-10-18)15-16-5-8-21(28-2)22(13-16)29-3/h5-8,13-14,18H,4,9-12,15H2,1-3H3. The molecule has 0 unspecified atom stereocenters. The Morgan fingerprint density at radius 3 is 2.48 bits per heavy atom. The third-order valence-electron chi connectivity index (χ3n) is 5.82. The number of ether oxygens (including phenoxy) is 2. The Kier molecular flexibility index (Phi) is 5.72. The first-order valence-electron chi connectivity index (χ1n) is 10.2. The van der Waals surface area contributed by atoms with E-state index in [9.17, 15) is 4.39 Å². The fraction of sp³-hybridized carbons (Fsp3) is 0.435. The lowest BCUT2D eigenvalue weighted by molar-refractivity contribution is 0.180. The number of methoxy groups -OCH3 is 2. The van der Waals surface area contributed by atoms with Crippen LogP contribution in [0.2, 0.25) is 0 Å². The van der Waals surface area contributed by atoms with Gasteiger partial charge in [0.2, 0.25) is 0 Å². The van der Waals surface area contributed by atoms with Crippen molar-refractivity contribution in [3.63, 3.8) is 0 Å². The molecule has 0 radical (unpaired) electrons. The van der Waals surface area contributed by atoms with Crippen LogP contribution in [0.3, 0.4) is 0 Å². The van der Waals surface area contributed by atoms with Gasteiger partial charge in [-0.2, -0.15) is 0 Å². The number of hydrogen-bond donors (Lipinski definition) is 0. The van der Waals surface area contributed by atoms with Crippen LogP contribution in [0, 0.1) is 5.82 Å². The summed E-state index contributed by atoms with van der Waals surface area (Å²) in [5.74, 6) is 2.34. The molecule has 3 aromatic rings. The van der Waals surface area contributed by atoms with Gasteiger partial charge in [0.05, 0.1) is 25.3 Å². The van der Waals surface area contributed by atoms with E-state index in [2.05, 4.69) is 33.5 Å². The molecule has 4 rings (SSSR count). The van der Waals surface area contributed by atoms with E-state index in [1.807, 2.05) is 12.1 Å². The Morgan fingerprint density at radius 1 is 1.03 bits per heavy atom. The van der Waals surface area contributed by atoms with Gasteiger partial charge in [-0.15, -0.1) is 0 Å². The van der Waals surface area contributed by atoms with Crippen LogP contribution in [0.5, 0.6) is 11.5 Å². The number of imidazole rings is 1. The average molecular weight is 397 g/mol. The summed E-state index contributed by atoms with van der Waals surface area (Å²) >= 11 is 0. The first-order chi connectivity index (χ1) is 14.1. The Hall–Kier alpha value is -2.60. The van der Waals surface area contributed by atoms with Gasteiger partial charge in [-0.05, 0) is 42.7 Å². The van der Waals surface area contributed by atoms with Gasteiger partial charge < -0.3 is 14.0 Å². The molecule has 0 spiro atoms. The zero-order valence-corrected chi connectivity index (χ0v) is 17.3. The van der Waals surface area contributed by atoms with Crippen LogP contribution >= 0.6 is 0 Å². The molecule has 1 aliphatic rings. The van der Waals surface area contributed by atoms with Crippen LogP contribution < -0.4 is 9.47 Å². The number of nitrogens with zero attached hydrogens (tertiary/aromatic N) is 3. The molecule has 5 nitrogen and oxygen atoms in total.